The number of rotatable bonds is 3. The molecule has 0 aromatic heterocycles. The third-order valence-corrected chi connectivity index (χ3v) is 4.84. The predicted molar refractivity (Wildman–Crippen MR) is 95.4 cm³/mol. The Balaban J connectivity index is 1.86. The summed E-state index contributed by atoms with van der Waals surface area (Å²) in [6, 6.07) is 7.34. The van der Waals surface area contributed by atoms with Crippen LogP contribution >= 0.6 is 0 Å². The van der Waals surface area contributed by atoms with E-state index >= 15 is 0 Å². The van der Waals surface area contributed by atoms with Crippen molar-refractivity contribution in [2.75, 3.05) is 19.6 Å². The Hall–Kier alpha value is -2.86. The summed E-state index contributed by atoms with van der Waals surface area (Å²) in [5.74, 6) is -1.68. The van der Waals surface area contributed by atoms with Gasteiger partial charge in [0.05, 0.1) is 0 Å². The number of aromatic hydroxyl groups is 1. The Morgan fingerprint density at radius 1 is 0.923 bits per heavy atom. The van der Waals surface area contributed by atoms with Crippen LogP contribution in [0.4, 0.5) is 0 Å². The maximum Gasteiger partial charge on any atom is 0.336 e. The third kappa shape index (κ3) is 3.04. The number of nitrogens with zero attached hydrogens (tertiary/aromatic N) is 1. The Labute approximate surface area is 150 Å². The molecule has 2 aromatic carbocycles. The zero-order chi connectivity index (χ0) is 18.1. The number of hydrogen-bond donors (Lipinski definition) is 1. The highest BCUT2D eigenvalue weighted by Crippen LogP contribution is 2.47. The Morgan fingerprint density at radius 2 is 1.54 bits per heavy atom. The van der Waals surface area contributed by atoms with Crippen LogP contribution < -0.4 is 9.47 Å². The number of phenols is 1. The van der Waals surface area contributed by atoms with Gasteiger partial charge in [0.1, 0.15) is 0 Å². The highest BCUT2D eigenvalue weighted by Gasteiger charge is 2.26. The zero-order valence-corrected chi connectivity index (χ0v) is 14.2. The van der Waals surface area contributed by atoms with Gasteiger partial charge < -0.3 is 19.5 Å². The molecule has 0 unspecified atom stereocenters. The molecule has 6 nitrogen and oxygen atoms in total. The molecule has 2 heterocycles. The van der Waals surface area contributed by atoms with Crippen molar-refractivity contribution in [3.8, 4) is 17.2 Å². The summed E-state index contributed by atoms with van der Waals surface area (Å²) in [6.45, 7) is 2.91. The van der Waals surface area contributed by atoms with Gasteiger partial charge in [0.15, 0.2) is 11.5 Å². The Kier molecular flexibility index (Phi) is 4.34. The number of benzene rings is 2. The molecule has 0 atom stereocenters. The summed E-state index contributed by atoms with van der Waals surface area (Å²) < 4.78 is 10.7. The molecule has 2 aliphatic rings. The average Bonchev–Trinajstić information content (AvgIpc) is 3.16. The second-order valence-electron chi connectivity index (χ2n) is 6.51. The maximum atomic E-state index is 12.0. The second kappa shape index (κ2) is 6.80. The van der Waals surface area contributed by atoms with E-state index < -0.39 is 11.9 Å². The van der Waals surface area contributed by atoms with Gasteiger partial charge in [-0.25, -0.2) is 9.59 Å². The van der Waals surface area contributed by atoms with Gasteiger partial charge in [-0.05, 0) is 37.7 Å². The van der Waals surface area contributed by atoms with Gasteiger partial charge in [-0.3, -0.25) is 0 Å². The lowest BCUT2D eigenvalue weighted by atomic mass is 9.99. The standard InChI is InChI=1S/C20H19NO5/c22-16-7-8-17(23)26-20-15(9-12-21-10-3-4-11-21)13-5-1-2-6-14(13)19(25-16)18(20)24/h1-2,5-8,24H,3-4,9-12H2/b8-7+. The van der Waals surface area contributed by atoms with Gasteiger partial charge in [0, 0.05) is 29.6 Å². The van der Waals surface area contributed by atoms with E-state index in [1.807, 2.05) is 18.2 Å². The zero-order valence-electron chi connectivity index (χ0n) is 14.2. The van der Waals surface area contributed by atoms with Crippen LogP contribution in [0.3, 0.4) is 0 Å². The van der Waals surface area contributed by atoms with Crippen LogP contribution in [-0.2, 0) is 16.0 Å². The molecule has 2 bridgehead atoms. The first kappa shape index (κ1) is 16.6. The lowest BCUT2D eigenvalue weighted by molar-refractivity contribution is -0.131. The van der Waals surface area contributed by atoms with Crippen LogP contribution in [-0.4, -0.2) is 41.6 Å². The number of phenolic OH excluding ortho intramolecular Hbond substituents is 1. The van der Waals surface area contributed by atoms with Crippen molar-refractivity contribution in [3.63, 3.8) is 0 Å². The first-order chi connectivity index (χ1) is 12.6. The lowest BCUT2D eigenvalue weighted by Crippen LogP contribution is -2.22. The number of carbonyl (C=O) groups is 2. The SMILES string of the molecule is O=C1/C=C/C(=O)Oc2c(O)c(c(CCN3CCCC3)c3ccccc23)O1. The van der Waals surface area contributed by atoms with Crippen LogP contribution in [0, 0.1) is 0 Å². The van der Waals surface area contributed by atoms with Gasteiger partial charge >= 0.3 is 11.9 Å². The van der Waals surface area contributed by atoms with Gasteiger partial charge in [-0.2, -0.15) is 0 Å². The maximum absolute atomic E-state index is 12.0. The number of ether oxygens (including phenoxy) is 2. The van der Waals surface area contributed by atoms with Crippen molar-refractivity contribution in [2.24, 2.45) is 0 Å². The highest BCUT2D eigenvalue weighted by molar-refractivity contribution is 6.02. The van der Waals surface area contributed by atoms with E-state index in [9.17, 15) is 14.7 Å². The molecule has 134 valence electrons. The van der Waals surface area contributed by atoms with E-state index in [2.05, 4.69) is 4.90 Å². The first-order valence-electron chi connectivity index (χ1n) is 8.74. The largest absolute Gasteiger partial charge is 0.502 e. The molecule has 1 fully saturated rings. The van der Waals surface area contributed by atoms with Crippen molar-refractivity contribution < 1.29 is 24.2 Å². The molecular weight excluding hydrogens is 334 g/mol. The molecular formula is C20H19NO5. The van der Waals surface area contributed by atoms with Gasteiger partial charge in [-0.1, -0.05) is 24.3 Å². The van der Waals surface area contributed by atoms with Gasteiger partial charge in [-0.15, -0.1) is 0 Å². The molecule has 4 rings (SSSR count). The topological polar surface area (TPSA) is 76.1 Å². The van der Waals surface area contributed by atoms with E-state index in [0.29, 0.717) is 11.8 Å². The van der Waals surface area contributed by atoms with Crippen molar-refractivity contribution in [1.82, 2.24) is 4.90 Å². The summed E-state index contributed by atoms with van der Waals surface area (Å²) in [5.41, 5.74) is 0.744. The third-order valence-electron chi connectivity index (χ3n) is 4.84. The number of carbonyl (C=O) groups excluding carboxylic acids is 2. The van der Waals surface area contributed by atoms with Gasteiger partial charge in [0.2, 0.25) is 5.75 Å². The fourth-order valence-electron chi connectivity index (χ4n) is 3.58. The number of fused-ring (bicyclic) bond motifs is 4. The Bertz CT molecular complexity index is 912. The minimum Gasteiger partial charge on any atom is -0.502 e. The van der Waals surface area contributed by atoms with Crippen LogP contribution in [0.2, 0.25) is 0 Å². The summed E-state index contributed by atoms with van der Waals surface area (Å²) in [5, 5.41) is 12.1. The van der Waals surface area contributed by atoms with Gasteiger partial charge in [0.25, 0.3) is 0 Å². The van der Waals surface area contributed by atoms with Crippen molar-refractivity contribution in [3.05, 3.63) is 42.0 Å². The molecule has 0 amide bonds. The quantitative estimate of drug-likeness (QED) is 0.675. The molecule has 26 heavy (non-hydrogen) atoms. The van der Waals surface area contributed by atoms with E-state index in [-0.39, 0.29) is 17.2 Å². The number of hydrogen-bond acceptors (Lipinski definition) is 6. The summed E-state index contributed by atoms with van der Waals surface area (Å²) in [6.07, 6.45) is 5.00. The van der Waals surface area contributed by atoms with Crippen molar-refractivity contribution in [2.45, 2.75) is 19.3 Å². The lowest BCUT2D eigenvalue weighted by Gasteiger charge is -2.19. The molecule has 2 aromatic rings. The minimum atomic E-state index is -0.736. The molecule has 0 radical (unpaired) electrons. The smallest absolute Gasteiger partial charge is 0.336 e. The van der Waals surface area contributed by atoms with E-state index in [1.165, 1.54) is 12.8 Å². The average molecular weight is 353 g/mol. The van der Waals surface area contributed by atoms with Crippen LogP contribution in [0.25, 0.3) is 10.8 Å². The molecule has 6 heteroatoms. The monoisotopic (exact) mass is 353 g/mol. The van der Waals surface area contributed by atoms with E-state index in [1.54, 1.807) is 6.07 Å². The normalized spacial score (nSPS) is 18.8. The second-order valence-corrected chi connectivity index (χ2v) is 6.51. The fraction of sp³-hybridized carbons (Fsp3) is 0.300. The van der Waals surface area contributed by atoms with Crippen LogP contribution in [0.15, 0.2) is 36.4 Å². The number of esters is 2. The summed E-state index contributed by atoms with van der Waals surface area (Å²) >= 11 is 0. The molecule has 1 N–H and O–H groups in total. The summed E-state index contributed by atoms with van der Waals surface area (Å²) in [4.78, 5) is 26.2. The Morgan fingerprint density at radius 3 is 2.23 bits per heavy atom. The number of likely N-dealkylation sites (tertiary alicyclic amines) is 1. The molecule has 0 spiro atoms. The highest BCUT2D eigenvalue weighted by atomic mass is 16.6. The predicted octanol–water partition coefficient (Wildman–Crippen LogP) is 2.56. The first-order valence-corrected chi connectivity index (χ1v) is 8.74. The minimum absolute atomic E-state index is 0.0184. The van der Waals surface area contributed by atoms with Crippen LogP contribution in [0.1, 0.15) is 18.4 Å². The molecule has 2 aliphatic heterocycles. The van der Waals surface area contributed by atoms with Crippen molar-refractivity contribution >= 4 is 22.7 Å². The molecule has 0 saturated carbocycles. The molecule has 0 aliphatic carbocycles. The summed E-state index contributed by atoms with van der Waals surface area (Å²) in [7, 11) is 0. The fourth-order valence-corrected chi connectivity index (χ4v) is 3.58. The molecule has 1 saturated heterocycles. The van der Waals surface area contributed by atoms with E-state index in [0.717, 1.165) is 42.7 Å². The van der Waals surface area contributed by atoms with E-state index in [4.69, 9.17) is 9.47 Å². The van der Waals surface area contributed by atoms with Crippen LogP contribution in [0.5, 0.6) is 17.2 Å². The van der Waals surface area contributed by atoms with Crippen molar-refractivity contribution in [1.29, 1.82) is 0 Å².